The molecular formula is C13H7F2N3O5. The van der Waals surface area contributed by atoms with Crippen LogP contribution in [-0.4, -0.2) is 15.8 Å². The topological polar surface area (TPSA) is 115 Å². The van der Waals surface area contributed by atoms with E-state index in [0.717, 1.165) is 30.3 Å². The second kappa shape index (κ2) is 6.13. The molecule has 10 heteroatoms. The van der Waals surface area contributed by atoms with Gasteiger partial charge in [-0.1, -0.05) is 6.07 Å². The van der Waals surface area contributed by atoms with E-state index in [0.29, 0.717) is 6.07 Å². The van der Waals surface area contributed by atoms with Crippen molar-refractivity contribution in [3.05, 3.63) is 73.8 Å². The summed E-state index contributed by atoms with van der Waals surface area (Å²) in [5, 5.41) is 23.4. The van der Waals surface area contributed by atoms with Crippen molar-refractivity contribution >= 4 is 23.0 Å². The van der Waals surface area contributed by atoms with Crippen molar-refractivity contribution in [3.63, 3.8) is 0 Å². The maximum atomic E-state index is 13.5. The average Bonchev–Trinajstić information content (AvgIpc) is 2.50. The number of nitrogens with zero attached hydrogens (tertiary/aromatic N) is 2. The first kappa shape index (κ1) is 15.9. The van der Waals surface area contributed by atoms with Crippen LogP contribution in [0.2, 0.25) is 0 Å². The van der Waals surface area contributed by atoms with Crippen LogP contribution in [0.5, 0.6) is 0 Å². The number of hydrogen-bond donors (Lipinski definition) is 1. The highest BCUT2D eigenvalue weighted by atomic mass is 19.1. The molecule has 0 aliphatic carbocycles. The van der Waals surface area contributed by atoms with E-state index in [1.165, 1.54) is 0 Å². The van der Waals surface area contributed by atoms with Crippen LogP contribution < -0.4 is 5.32 Å². The van der Waals surface area contributed by atoms with Crippen LogP contribution in [0.25, 0.3) is 0 Å². The molecule has 0 bridgehead atoms. The molecule has 2 aromatic rings. The van der Waals surface area contributed by atoms with Crippen LogP contribution in [0.1, 0.15) is 10.4 Å². The van der Waals surface area contributed by atoms with Crippen molar-refractivity contribution in [1.29, 1.82) is 0 Å². The van der Waals surface area contributed by atoms with Gasteiger partial charge >= 0.3 is 0 Å². The molecule has 2 rings (SSSR count). The molecule has 0 aliphatic heterocycles. The van der Waals surface area contributed by atoms with Crippen LogP contribution in [0.15, 0.2) is 36.4 Å². The average molecular weight is 323 g/mol. The Hall–Kier alpha value is -3.43. The molecule has 1 amide bonds. The Morgan fingerprint density at radius 2 is 1.43 bits per heavy atom. The zero-order chi connectivity index (χ0) is 17.1. The lowest BCUT2D eigenvalue weighted by Crippen LogP contribution is -2.15. The SMILES string of the molecule is O=C(Nc1c(F)cccc1F)c1cc([N+](=O)[O-])cc([N+](=O)[O-])c1. The molecule has 23 heavy (non-hydrogen) atoms. The van der Waals surface area contributed by atoms with E-state index in [1.54, 1.807) is 0 Å². The van der Waals surface area contributed by atoms with Crippen LogP contribution in [0, 0.1) is 31.9 Å². The number of hydrogen-bond acceptors (Lipinski definition) is 5. The number of anilines is 1. The largest absolute Gasteiger partial charge is 0.317 e. The van der Waals surface area contributed by atoms with E-state index in [9.17, 15) is 33.8 Å². The lowest BCUT2D eigenvalue weighted by molar-refractivity contribution is -0.394. The minimum atomic E-state index is -1.12. The molecule has 0 heterocycles. The molecule has 0 unspecified atom stereocenters. The monoisotopic (exact) mass is 323 g/mol. The number of carbonyl (C=O) groups is 1. The zero-order valence-corrected chi connectivity index (χ0v) is 11.2. The summed E-state index contributed by atoms with van der Waals surface area (Å²) in [5.74, 6) is -3.24. The zero-order valence-electron chi connectivity index (χ0n) is 11.2. The number of carbonyl (C=O) groups excluding carboxylic acids is 1. The van der Waals surface area contributed by atoms with Crippen molar-refractivity contribution < 1.29 is 23.4 Å². The van der Waals surface area contributed by atoms with Gasteiger partial charge < -0.3 is 5.32 Å². The maximum Gasteiger partial charge on any atom is 0.277 e. The molecule has 0 aliphatic rings. The Labute approximate surface area is 126 Å². The van der Waals surface area contributed by atoms with Gasteiger partial charge in [0.05, 0.1) is 21.5 Å². The molecule has 0 fully saturated rings. The fraction of sp³-hybridized carbons (Fsp3) is 0. The first-order chi connectivity index (χ1) is 10.8. The fourth-order valence-electron chi connectivity index (χ4n) is 1.74. The van der Waals surface area contributed by atoms with Crippen molar-refractivity contribution in [3.8, 4) is 0 Å². The maximum absolute atomic E-state index is 13.5. The normalized spacial score (nSPS) is 10.2. The van der Waals surface area contributed by atoms with E-state index < -0.39 is 50.0 Å². The number of amides is 1. The van der Waals surface area contributed by atoms with Gasteiger partial charge in [-0.15, -0.1) is 0 Å². The van der Waals surface area contributed by atoms with Crippen molar-refractivity contribution in [2.75, 3.05) is 5.32 Å². The van der Waals surface area contributed by atoms with Gasteiger partial charge in [0.2, 0.25) is 0 Å². The van der Waals surface area contributed by atoms with Gasteiger partial charge in [-0.3, -0.25) is 25.0 Å². The molecule has 8 nitrogen and oxygen atoms in total. The minimum Gasteiger partial charge on any atom is -0.317 e. The summed E-state index contributed by atoms with van der Waals surface area (Å²) in [6.07, 6.45) is 0. The number of nitro groups is 2. The Kier molecular flexibility index (Phi) is 4.25. The van der Waals surface area contributed by atoms with Crippen LogP contribution >= 0.6 is 0 Å². The first-order valence-corrected chi connectivity index (χ1v) is 5.99. The van der Waals surface area contributed by atoms with Gasteiger partial charge in [-0.05, 0) is 12.1 Å². The fourth-order valence-corrected chi connectivity index (χ4v) is 1.74. The predicted molar refractivity (Wildman–Crippen MR) is 74.1 cm³/mol. The van der Waals surface area contributed by atoms with Gasteiger partial charge in [-0.2, -0.15) is 0 Å². The number of nitrogens with one attached hydrogen (secondary N) is 1. The highest BCUT2D eigenvalue weighted by molar-refractivity contribution is 6.05. The van der Waals surface area contributed by atoms with Crippen LogP contribution in [0.3, 0.4) is 0 Å². The quantitative estimate of drug-likeness (QED) is 0.686. The third kappa shape index (κ3) is 3.43. The third-order valence-electron chi connectivity index (χ3n) is 2.79. The molecule has 0 saturated heterocycles. The van der Waals surface area contributed by atoms with Gasteiger partial charge in [0.25, 0.3) is 17.3 Å². The Bertz CT molecular complexity index is 773. The molecule has 0 atom stereocenters. The molecule has 0 saturated carbocycles. The molecule has 0 spiro atoms. The number of nitro benzene ring substituents is 2. The minimum absolute atomic E-state index is 0.478. The van der Waals surface area contributed by atoms with E-state index in [1.807, 2.05) is 5.32 Å². The molecule has 1 N–H and O–H groups in total. The summed E-state index contributed by atoms with van der Waals surface area (Å²) in [6.45, 7) is 0. The smallest absolute Gasteiger partial charge is 0.277 e. The van der Waals surface area contributed by atoms with Crippen LogP contribution in [-0.2, 0) is 0 Å². The Morgan fingerprint density at radius 1 is 0.957 bits per heavy atom. The second-order valence-corrected chi connectivity index (χ2v) is 4.30. The lowest BCUT2D eigenvalue weighted by Gasteiger charge is -2.07. The summed E-state index contributed by atoms with van der Waals surface area (Å²) in [4.78, 5) is 31.6. The molecule has 2 aromatic carbocycles. The number of benzene rings is 2. The highest BCUT2D eigenvalue weighted by Crippen LogP contribution is 2.24. The Balaban J connectivity index is 2.43. The van der Waals surface area contributed by atoms with Gasteiger partial charge in [0, 0.05) is 12.1 Å². The lowest BCUT2D eigenvalue weighted by atomic mass is 10.1. The summed E-state index contributed by atoms with van der Waals surface area (Å²) in [6, 6.07) is 5.07. The van der Waals surface area contributed by atoms with Crippen molar-refractivity contribution in [1.82, 2.24) is 0 Å². The van der Waals surface area contributed by atoms with E-state index in [-0.39, 0.29) is 0 Å². The second-order valence-electron chi connectivity index (χ2n) is 4.30. The molecule has 118 valence electrons. The highest BCUT2D eigenvalue weighted by Gasteiger charge is 2.21. The van der Waals surface area contributed by atoms with Gasteiger partial charge in [0.1, 0.15) is 17.3 Å². The summed E-state index contributed by atoms with van der Waals surface area (Å²) >= 11 is 0. The van der Waals surface area contributed by atoms with E-state index >= 15 is 0 Å². The summed E-state index contributed by atoms with van der Waals surface area (Å²) in [7, 11) is 0. The number of halogens is 2. The number of para-hydroxylation sites is 1. The van der Waals surface area contributed by atoms with E-state index in [2.05, 4.69) is 0 Å². The van der Waals surface area contributed by atoms with Gasteiger partial charge in [0.15, 0.2) is 0 Å². The van der Waals surface area contributed by atoms with Crippen LogP contribution in [0.4, 0.5) is 25.8 Å². The first-order valence-electron chi connectivity index (χ1n) is 5.99. The van der Waals surface area contributed by atoms with Gasteiger partial charge in [-0.25, -0.2) is 8.78 Å². The third-order valence-corrected chi connectivity index (χ3v) is 2.79. The molecular weight excluding hydrogens is 316 g/mol. The number of rotatable bonds is 4. The summed E-state index contributed by atoms with van der Waals surface area (Å²) in [5.41, 5.74) is -2.63. The Morgan fingerprint density at radius 3 is 1.87 bits per heavy atom. The number of non-ortho nitro benzene ring substituents is 2. The summed E-state index contributed by atoms with van der Waals surface area (Å²) < 4.78 is 26.9. The van der Waals surface area contributed by atoms with Crippen molar-refractivity contribution in [2.45, 2.75) is 0 Å². The standard InChI is InChI=1S/C13H7F2N3O5/c14-10-2-1-3-11(15)12(10)16-13(19)7-4-8(17(20)21)6-9(5-7)18(22)23/h1-6H,(H,16,19). The molecule has 0 aromatic heterocycles. The van der Waals surface area contributed by atoms with Crippen molar-refractivity contribution in [2.24, 2.45) is 0 Å². The van der Waals surface area contributed by atoms with E-state index in [4.69, 9.17) is 0 Å². The molecule has 0 radical (unpaired) electrons. The predicted octanol–water partition coefficient (Wildman–Crippen LogP) is 3.03.